The predicted octanol–water partition coefficient (Wildman–Crippen LogP) is 3.05. The van der Waals surface area contributed by atoms with Crippen molar-refractivity contribution in [1.29, 1.82) is 0 Å². The highest BCUT2D eigenvalue weighted by Gasteiger charge is 2.12. The third-order valence-electron chi connectivity index (χ3n) is 3.69. The van der Waals surface area contributed by atoms with Crippen molar-refractivity contribution < 1.29 is 9.53 Å². The molecule has 0 aliphatic heterocycles. The van der Waals surface area contributed by atoms with E-state index < -0.39 is 0 Å². The van der Waals surface area contributed by atoms with Crippen LogP contribution in [0.4, 0.5) is 11.5 Å². The van der Waals surface area contributed by atoms with Gasteiger partial charge >= 0.3 is 0 Å². The molecule has 0 bridgehead atoms. The number of rotatable bonds is 8. The van der Waals surface area contributed by atoms with Gasteiger partial charge in [-0.3, -0.25) is 4.79 Å². The Morgan fingerprint density at radius 3 is 2.75 bits per heavy atom. The van der Waals surface area contributed by atoms with Crippen molar-refractivity contribution in [2.75, 3.05) is 30.9 Å². The van der Waals surface area contributed by atoms with Crippen LogP contribution in [0.3, 0.4) is 0 Å². The Bertz CT molecular complexity index is 671. The summed E-state index contributed by atoms with van der Waals surface area (Å²) in [6.07, 6.45) is 4.79. The van der Waals surface area contributed by atoms with Gasteiger partial charge in [-0.1, -0.05) is 25.1 Å². The average molecular weight is 328 g/mol. The molecule has 0 saturated carbocycles. The zero-order chi connectivity index (χ0) is 17.4. The number of amides is 1. The fraction of sp³-hybridized carbons (Fsp3) is 0.389. The molecule has 1 amide bonds. The van der Waals surface area contributed by atoms with Crippen molar-refractivity contribution >= 4 is 17.4 Å². The molecule has 128 valence electrons. The van der Waals surface area contributed by atoms with Crippen LogP contribution in [0, 0.1) is 6.92 Å². The molecular weight excluding hydrogens is 304 g/mol. The number of aromatic nitrogens is 2. The SMILES string of the molecule is CCc1cccc(C)c1NC(=O)c1cnc(NCCCOC)cn1. The molecule has 2 N–H and O–H groups in total. The first-order valence-electron chi connectivity index (χ1n) is 8.10. The number of carbonyl (C=O) groups excluding carboxylic acids is 1. The van der Waals surface area contributed by atoms with Gasteiger partial charge in [-0.15, -0.1) is 0 Å². The maximum atomic E-state index is 12.4. The normalized spacial score (nSPS) is 10.5. The van der Waals surface area contributed by atoms with Gasteiger partial charge in [-0.2, -0.15) is 0 Å². The molecule has 0 aliphatic rings. The van der Waals surface area contributed by atoms with Crippen LogP contribution < -0.4 is 10.6 Å². The number of hydrogen-bond acceptors (Lipinski definition) is 5. The second kappa shape index (κ2) is 8.98. The van der Waals surface area contributed by atoms with Gasteiger partial charge in [0.1, 0.15) is 11.5 Å². The molecule has 6 heteroatoms. The lowest BCUT2D eigenvalue weighted by molar-refractivity contribution is 0.102. The molecule has 2 rings (SSSR count). The van der Waals surface area contributed by atoms with E-state index in [1.165, 1.54) is 6.20 Å². The van der Waals surface area contributed by atoms with Crippen molar-refractivity contribution in [2.24, 2.45) is 0 Å². The van der Waals surface area contributed by atoms with E-state index in [0.29, 0.717) is 18.1 Å². The summed E-state index contributed by atoms with van der Waals surface area (Å²) in [4.78, 5) is 20.8. The topological polar surface area (TPSA) is 76.1 Å². The number of nitrogens with zero attached hydrogens (tertiary/aromatic N) is 2. The summed E-state index contributed by atoms with van der Waals surface area (Å²) >= 11 is 0. The maximum Gasteiger partial charge on any atom is 0.275 e. The molecule has 1 heterocycles. The number of para-hydroxylation sites is 1. The lowest BCUT2D eigenvalue weighted by Crippen LogP contribution is -2.16. The highest BCUT2D eigenvalue weighted by Crippen LogP contribution is 2.21. The van der Waals surface area contributed by atoms with Crippen molar-refractivity contribution in [3.8, 4) is 0 Å². The lowest BCUT2D eigenvalue weighted by atomic mass is 10.1. The Balaban J connectivity index is 2.00. The van der Waals surface area contributed by atoms with Crippen LogP contribution in [-0.4, -0.2) is 36.1 Å². The molecule has 0 unspecified atom stereocenters. The van der Waals surface area contributed by atoms with Gasteiger partial charge < -0.3 is 15.4 Å². The van der Waals surface area contributed by atoms with Crippen molar-refractivity contribution in [1.82, 2.24) is 9.97 Å². The highest BCUT2D eigenvalue weighted by atomic mass is 16.5. The number of ether oxygens (including phenoxy) is 1. The van der Waals surface area contributed by atoms with Gasteiger partial charge in [0.25, 0.3) is 5.91 Å². The van der Waals surface area contributed by atoms with Gasteiger partial charge in [0.2, 0.25) is 0 Å². The Hall–Kier alpha value is -2.47. The highest BCUT2D eigenvalue weighted by molar-refractivity contribution is 6.03. The molecular formula is C18H24N4O2. The van der Waals surface area contributed by atoms with E-state index in [2.05, 4.69) is 27.5 Å². The average Bonchev–Trinajstić information content (AvgIpc) is 2.61. The zero-order valence-corrected chi connectivity index (χ0v) is 14.4. The molecule has 24 heavy (non-hydrogen) atoms. The van der Waals surface area contributed by atoms with Gasteiger partial charge in [0.15, 0.2) is 0 Å². The molecule has 6 nitrogen and oxygen atoms in total. The number of methoxy groups -OCH3 is 1. The summed E-state index contributed by atoms with van der Waals surface area (Å²) < 4.78 is 4.99. The predicted molar refractivity (Wildman–Crippen MR) is 95.5 cm³/mol. The second-order valence-electron chi connectivity index (χ2n) is 5.48. The first kappa shape index (κ1) is 17.9. The molecule has 1 aromatic carbocycles. The number of benzene rings is 1. The van der Waals surface area contributed by atoms with Crippen LogP contribution in [-0.2, 0) is 11.2 Å². The second-order valence-corrected chi connectivity index (χ2v) is 5.48. The van der Waals surface area contributed by atoms with E-state index >= 15 is 0 Å². The number of anilines is 2. The van der Waals surface area contributed by atoms with Crippen LogP contribution in [0.15, 0.2) is 30.6 Å². The van der Waals surface area contributed by atoms with Crippen LogP contribution >= 0.6 is 0 Å². The third-order valence-corrected chi connectivity index (χ3v) is 3.69. The molecule has 0 atom stereocenters. The summed E-state index contributed by atoms with van der Waals surface area (Å²) in [6, 6.07) is 5.99. The van der Waals surface area contributed by atoms with Gasteiger partial charge in [0.05, 0.1) is 12.4 Å². The largest absolute Gasteiger partial charge is 0.385 e. The number of aryl methyl sites for hydroxylation is 2. The van der Waals surface area contributed by atoms with E-state index in [-0.39, 0.29) is 5.91 Å². The van der Waals surface area contributed by atoms with Crippen LogP contribution in [0.1, 0.15) is 35.0 Å². The third kappa shape index (κ3) is 4.76. The first-order valence-corrected chi connectivity index (χ1v) is 8.10. The van der Waals surface area contributed by atoms with E-state index in [9.17, 15) is 4.79 Å². The first-order chi connectivity index (χ1) is 11.7. The standard InChI is InChI=1S/C18H24N4O2/c1-4-14-8-5-7-13(2)17(14)22-18(23)15-11-21-16(12-20-15)19-9-6-10-24-3/h5,7-8,11-12H,4,6,9-10H2,1-3H3,(H,19,21)(H,22,23). The summed E-state index contributed by atoms with van der Waals surface area (Å²) in [5.41, 5.74) is 3.29. The number of hydrogen-bond donors (Lipinski definition) is 2. The summed E-state index contributed by atoms with van der Waals surface area (Å²) in [5.74, 6) is 0.394. The number of nitrogens with one attached hydrogen (secondary N) is 2. The molecule has 0 spiro atoms. The summed E-state index contributed by atoms with van der Waals surface area (Å²) in [7, 11) is 1.67. The fourth-order valence-corrected chi connectivity index (χ4v) is 2.35. The Morgan fingerprint density at radius 2 is 2.08 bits per heavy atom. The van der Waals surface area contributed by atoms with Crippen molar-refractivity contribution in [2.45, 2.75) is 26.7 Å². The van der Waals surface area contributed by atoms with Gasteiger partial charge in [0, 0.05) is 25.9 Å². The fourth-order valence-electron chi connectivity index (χ4n) is 2.35. The molecule has 0 saturated heterocycles. The quantitative estimate of drug-likeness (QED) is 0.728. The van der Waals surface area contributed by atoms with Crippen molar-refractivity contribution in [3.63, 3.8) is 0 Å². The molecule has 0 aliphatic carbocycles. The summed E-state index contributed by atoms with van der Waals surface area (Å²) in [6.45, 7) is 5.48. The van der Waals surface area contributed by atoms with E-state index in [0.717, 1.165) is 36.2 Å². The van der Waals surface area contributed by atoms with Gasteiger partial charge in [-0.05, 0) is 30.9 Å². The Kier molecular flexibility index (Phi) is 6.69. The Labute approximate surface area is 142 Å². The van der Waals surface area contributed by atoms with E-state index in [1.54, 1.807) is 13.3 Å². The Morgan fingerprint density at radius 1 is 1.25 bits per heavy atom. The van der Waals surface area contributed by atoms with Crippen molar-refractivity contribution in [3.05, 3.63) is 47.4 Å². The zero-order valence-electron chi connectivity index (χ0n) is 14.4. The van der Waals surface area contributed by atoms with Crippen LogP contribution in [0.25, 0.3) is 0 Å². The van der Waals surface area contributed by atoms with Crippen LogP contribution in [0.2, 0.25) is 0 Å². The minimum absolute atomic E-state index is 0.252. The lowest BCUT2D eigenvalue weighted by Gasteiger charge is -2.12. The molecule has 2 aromatic rings. The molecule has 0 radical (unpaired) electrons. The number of carbonyl (C=O) groups is 1. The van der Waals surface area contributed by atoms with E-state index in [1.807, 2.05) is 25.1 Å². The maximum absolute atomic E-state index is 12.4. The van der Waals surface area contributed by atoms with Crippen LogP contribution in [0.5, 0.6) is 0 Å². The van der Waals surface area contributed by atoms with E-state index in [4.69, 9.17) is 4.74 Å². The summed E-state index contributed by atoms with van der Waals surface area (Å²) in [5, 5.41) is 6.08. The molecule has 1 aromatic heterocycles. The minimum atomic E-state index is -0.252. The molecule has 0 fully saturated rings. The monoisotopic (exact) mass is 328 g/mol. The van der Waals surface area contributed by atoms with Gasteiger partial charge in [-0.25, -0.2) is 9.97 Å². The smallest absolute Gasteiger partial charge is 0.275 e. The minimum Gasteiger partial charge on any atom is -0.385 e.